The molecule has 0 unspecified atom stereocenters. The van der Waals surface area contributed by atoms with Gasteiger partial charge in [-0.3, -0.25) is 9.40 Å². The summed E-state index contributed by atoms with van der Waals surface area (Å²) < 4.78 is 86.9. The van der Waals surface area contributed by atoms with E-state index in [1.807, 2.05) is 11.8 Å². The summed E-state index contributed by atoms with van der Waals surface area (Å²) in [6.45, 7) is 1.70. The van der Waals surface area contributed by atoms with E-state index in [0.29, 0.717) is 23.3 Å². The van der Waals surface area contributed by atoms with Crippen LogP contribution in [0.25, 0.3) is 22.4 Å². The number of rotatable bonds is 6. The summed E-state index contributed by atoms with van der Waals surface area (Å²) in [7, 11) is -2.64. The molecule has 0 atom stereocenters. The highest BCUT2D eigenvalue weighted by Gasteiger charge is 2.26. The van der Waals surface area contributed by atoms with Crippen LogP contribution in [0.1, 0.15) is 18.9 Å². The SMILES string of the molecule is CN1CCC(n2cc(-c3ccnc(F)c3)c(-c3cccc(NS(=O)(=O)c4cc(F)ccc4F)c3F)n2)CC1. The van der Waals surface area contributed by atoms with Gasteiger partial charge in [0.25, 0.3) is 10.0 Å². The van der Waals surface area contributed by atoms with E-state index in [2.05, 4.69) is 15.0 Å². The van der Waals surface area contributed by atoms with Gasteiger partial charge in [0.15, 0.2) is 5.82 Å². The molecule has 1 aliphatic rings. The lowest BCUT2D eigenvalue weighted by atomic mass is 10.0. The number of hydrogen-bond acceptors (Lipinski definition) is 5. The van der Waals surface area contributed by atoms with Crippen LogP contribution in [0.3, 0.4) is 0 Å². The highest BCUT2D eigenvalue weighted by molar-refractivity contribution is 7.92. The zero-order valence-electron chi connectivity index (χ0n) is 20.2. The number of sulfonamides is 1. The van der Waals surface area contributed by atoms with Crippen molar-refractivity contribution in [2.45, 2.75) is 23.8 Å². The Kier molecular flexibility index (Phi) is 6.93. The molecule has 5 rings (SSSR count). The number of nitrogens with zero attached hydrogens (tertiary/aromatic N) is 4. The standard InChI is InChI=1S/C26H23F4N5O2S/c1-34-11-8-18(9-12-34)35-15-20(16-7-10-31-24(29)13-16)26(32-35)19-3-2-4-22(25(19)30)33-38(36,37)23-14-17(27)5-6-21(23)28/h2-7,10,13-15,18,33H,8-9,11-12H2,1H3. The van der Waals surface area contributed by atoms with Crippen LogP contribution in [0, 0.1) is 23.4 Å². The molecule has 12 heteroatoms. The average molecular weight is 546 g/mol. The van der Waals surface area contributed by atoms with E-state index < -0.39 is 44.0 Å². The van der Waals surface area contributed by atoms with Crippen molar-refractivity contribution in [3.05, 3.63) is 84.3 Å². The number of nitrogens with one attached hydrogen (secondary N) is 1. The molecule has 4 aromatic rings. The van der Waals surface area contributed by atoms with Gasteiger partial charge >= 0.3 is 0 Å². The smallest absolute Gasteiger partial charge is 0.265 e. The molecule has 38 heavy (non-hydrogen) atoms. The fourth-order valence-electron chi connectivity index (χ4n) is 4.49. The molecule has 2 aromatic carbocycles. The Morgan fingerprint density at radius 2 is 1.74 bits per heavy atom. The lowest BCUT2D eigenvalue weighted by Crippen LogP contribution is -2.31. The maximum atomic E-state index is 15.8. The Hall–Kier alpha value is -3.77. The minimum Gasteiger partial charge on any atom is -0.306 e. The first kappa shape index (κ1) is 25.9. The van der Waals surface area contributed by atoms with Crippen molar-refractivity contribution in [2.24, 2.45) is 0 Å². The summed E-state index contributed by atoms with van der Waals surface area (Å²) in [5.74, 6) is -3.85. The largest absolute Gasteiger partial charge is 0.306 e. The molecule has 0 spiro atoms. The summed E-state index contributed by atoms with van der Waals surface area (Å²) in [5.41, 5.74) is 0.486. The molecule has 0 bridgehead atoms. The monoisotopic (exact) mass is 545 g/mol. The van der Waals surface area contributed by atoms with Gasteiger partial charge in [-0.2, -0.15) is 9.49 Å². The van der Waals surface area contributed by atoms with E-state index in [-0.39, 0.29) is 17.3 Å². The van der Waals surface area contributed by atoms with Crippen molar-refractivity contribution >= 4 is 15.7 Å². The summed E-state index contributed by atoms with van der Waals surface area (Å²) in [6, 6.07) is 8.75. The Morgan fingerprint density at radius 1 is 0.974 bits per heavy atom. The normalized spacial score (nSPS) is 15.1. The van der Waals surface area contributed by atoms with Gasteiger partial charge < -0.3 is 4.90 Å². The highest BCUT2D eigenvalue weighted by Crippen LogP contribution is 2.37. The molecule has 1 N–H and O–H groups in total. The van der Waals surface area contributed by atoms with Gasteiger partial charge in [-0.15, -0.1) is 0 Å². The van der Waals surface area contributed by atoms with Crippen LogP contribution in [-0.4, -0.2) is 48.2 Å². The van der Waals surface area contributed by atoms with Crippen molar-refractivity contribution in [3.8, 4) is 22.4 Å². The third-order valence-corrected chi connectivity index (χ3v) is 7.89. The van der Waals surface area contributed by atoms with Gasteiger partial charge in [-0.1, -0.05) is 6.07 Å². The Labute approximate surface area is 216 Å². The number of aromatic nitrogens is 3. The molecule has 2 aromatic heterocycles. The van der Waals surface area contributed by atoms with Crippen LogP contribution in [0.5, 0.6) is 0 Å². The minimum absolute atomic E-state index is 0.0334. The summed E-state index contributed by atoms with van der Waals surface area (Å²) >= 11 is 0. The predicted molar refractivity (Wildman–Crippen MR) is 134 cm³/mol. The Balaban J connectivity index is 1.58. The van der Waals surface area contributed by atoms with Crippen molar-refractivity contribution in [3.63, 3.8) is 0 Å². The van der Waals surface area contributed by atoms with E-state index in [1.54, 1.807) is 16.9 Å². The molecular weight excluding hydrogens is 522 g/mol. The van der Waals surface area contributed by atoms with E-state index in [1.165, 1.54) is 24.4 Å². The minimum atomic E-state index is -4.67. The van der Waals surface area contributed by atoms with Crippen molar-refractivity contribution in [1.29, 1.82) is 0 Å². The number of likely N-dealkylation sites (tertiary alicyclic amines) is 1. The molecule has 198 valence electrons. The van der Waals surface area contributed by atoms with E-state index in [0.717, 1.165) is 38.1 Å². The van der Waals surface area contributed by atoms with Gasteiger partial charge in [0.05, 0.1) is 11.7 Å². The topological polar surface area (TPSA) is 80.1 Å². The number of benzene rings is 2. The fourth-order valence-corrected chi connectivity index (χ4v) is 5.64. The molecule has 0 saturated carbocycles. The lowest BCUT2D eigenvalue weighted by Gasteiger charge is -2.29. The van der Waals surface area contributed by atoms with Gasteiger partial charge in [-0.05, 0) is 74.9 Å². The number of piperidine rings is 1. The second-order valence-corrected chi connectivity index (χ2v) is 10.8. The second-order valence-electron chi connectivity index (χ2n) is 9.12. The maximum Gasteiger partial charge on any atom is 0.265 e. The Bertz CT molecular complexity index is 1600. The Morgan fingerprint density at radius 3 is 2.47 bits per heavy atom. The quantitative estimate of drug-likeness (QED) is 0.265. The highest BCUT2D eigenvalue weighted by atomic mass is 32.2. The van der Waals surface area contributed by atoms with E-state index in [9.17, 15) is 21.6 Å². The van der Waals surface area contributed by atoms with Crippen LogP contribution in [0.4, 0.5) is 23.2 Å². The maximum absolute atomic E-state index is 15.8. The van der Waals surface area contributed by atoms with Gasteiger partial charge in [-0.25, -0.2) is 26.6 Å². The molecule has 0 aliphatic carbocycles. The van der Waals surface area contributed by atoms with Gasteiger partial charge in [0, 0.05) is 29.6 Å². The fraction of sp³-hybridized carbons (Fsp3) is 0.231. The third-order valence-electron chi connectivity index (χ3n) is 6.51. The summed E-state index contributed by atoms with van der Waals surface area (Å²) in [4.78, 5) is 4.81. The van der Waals surface area contributed by atoms with Crippen LogP contribution < -0.4 is 4.72 Å². The van der Waals surface area contributed by atoms with Crippen molar-refractivity contribution in [1.82, 2.24) is 19.7 Å². The predicted octanol–water partition coefficient (Wildman–Crippen LogP) is 5.24. The first-order valence-corrected chi connectivity index (χ1v) is 13.3. The van der Waals surface area contributed by atoms with Crippen LogP contribution in [0.2, 0.25) is 0 Å². The zero-order valence-corrected chi connectivity index (χ0v) is 21.0. The molecular formula is C26H23F4N5O2S. The molecule has 3 heterocycles. The first-order valence-electron chi connectivity index (χ1n) is 11.8. The second kappa shape index (κ2) is 10.2. The van der Waals surface area contributed by atoms with Crippen LogP contribution in [0.15, 0.2) is 65.8 Å². The number of pyridine rings is 1. The van der Waals surface area contributed by atoms with Gasteiger partial charge in [0.1, 0.15) is 22.2 Å². The molecule has 7 nitrogen and oxygen atoms in total. The van der Waals surface area contributed by atoms with Crippen LogP contribution >= 0.6 is 0 Å². The molecule has 1 fully saturated rings. The van der Waals surface area contributed by atoms with Crippen molar-refractivity contribution < 1.29 is 26.0 Å². The lowest BCUT2D eigenvalue weighted by molar-refractivity contribution is 0.212. The van der Waals surface area contributed by atoms with Crippen LogP contribution in [-0.2, 0) is 10.0 Å². The van der Waals surface area contributed by atoms with E-state index in [4.69, 9.17) is 0 Å². The summed E-state index contributed by atoms with van der Waals surface area (Å²) in [5, 5.41) is 4.65. The van der Waals surface area contributed by atoms with Gasteiger partial charge in [0.2, 0.25) is 5.95 Å². The number of anilines is 1. The van der Waals surface area contributed by atoms with E-state index >= 15 is 4.39 Å². The average Bonchev–Trinajstić information content (AvgIpc) is 3.32. The first-order chi connectivity index (χ1) is 18.1. The van der Waals surface area contributed by atoms with Crippen molar-refractivity contribution in [2.75, 3.05) is 24.9 Å². The third kappa shape index (κ3) is 5.14. The zero-order chi connectivity index (χ0) is 27.0. The molecule has 1 saturated heterocycles. The number of hydrogen-bond donors (Lipinski definition) is 1. The summed E-state index contributed by atoms with van der Waals surface area (Å²) in [6.07, 6.45) is 4.63. The number of halogens is 4. The molecule has 0 radical (unpaired) electrons. The molecule has 1 aliphatic heterocycles. The molecule has 0 amide bonds.